The van der Waals surface area contributed by atoms with Gasteiger partial charge in [0.25, 0.3) is 0 Å². The van der Waals surface area contributed by atoms with Gasteiger partial charge in [-0.3, -0.25) is 0 Å². The van der Waals surface area contributed by atoms with Crippen molar-refractivity contribution in [3.8, 4) is 17.0 Å². The molecular formula is C27H22Cl2N2O3. The Hall–Kier alpha value is -3.54. The molecule has 0 unspecified atom stereocenters. The minimum atomic E-state index is -0.355. The molecule has 5 rings (SSSR count). The Morgan fingerprint density at radius 1 is 0.941 bits per heavy atom. The molecule has 0 saturated carbocycles. The van der Waals surface area contributed by atoms with Crippen LogP contribution in [-0.4, -0.2) is 25.2 Å². The third-order valence-corrected chi connectivity index (χ3v) is 6.09. The number of aromatic nitrogens is 2. The van der Waals surface area contributed by atoms with Crippen molar-refractivity contribution in [1.29, 1.82) is 0 Å². The Balaban J connectivity index is 0.00000274. The third kappa shape index (κ3) is 4.32. The maximum atomic E-state index is 11.9. The number of benzene rings is 3. The lowest BCUT2D eigenvalue weighted by Crippen LogP contribution is -3.00. The molecule has 5 nitrogen and oxygen atoms in total. The van der Waals surface area contributed by atoms with Gasteiger partial charge in [0.15, 0.2) is 12.7 Å². The van der Waals surface area contributed by atoms with Crippen LogP contribution in [0.1, 0.15) is 15.9 Å². The highest BCUT2D eigenvalue weighted by atomic mass is 35.5. The highest BCUT2D eigenvalue weighted by Gasteiger charge is 2.22. The zero-order valence-corrected chi connectivity index (χ0v) is 20.2. The summed E-state index contributed by atoms with van der Waals surface area (Å²) in [6.45, 7) is 0.667. The van der Waals surface area contributed by atoms with E-state index in [0.29, 0.717) is 17.1 Å². The number of ether oxygens (including phenoxy) is 2. The highest BCUT2D eigenvalue weighted by molar-refractivity contribution is 6.30. The zero-order valence-electron chi connectivity index (χ0n) is 18.6. The molecule has 0 aliphatic rings. The molecule has 0 fully saturated rings. The second kappa shape index (κ2) is 9.75. The van der Waals surface area contributed by atoms with Gasteiger partial charge in [0.05, 0.1) is 19.8 Å². The molecule has 1 N–H and O–H groups in total. The molecule has 0 spiro atoms. The van der Waals surface area contributed by atoms with Gasteiger partial charge in [-0.05, 0) is 54.6 Å². The molecule has 34 heavy (non-hydrogen) atoms. The van der Waals surface area contributed by atoms with Crippen LogP contribution < -0.4 is 21.7 Å². The molecule has 2 aromatic heterocycles. The van der Waals surface area contributed by atoms with E-state index in [0.717, 1.165) is 44.4 Å². The number of fused-ring (bicyclic) bond motifs is 3. The van der Waals surface area contributed by atoms with Crippen LogP contribution in [0.5, 0.6) is 5.75 Å². The van der Waals surface area contributed by atoms with Crippen molar-refractivity contribution in [3.63, 3.8) is 0 Å². The number of methoxy groups -OCH3 is 2. The summed E-state index contributed by atoms with van der Waals surface area (Å²) in [5, 5.41) is 2.90. The fourth-order valence-electron chi connectivity index (χ4n) is 4.17. The molecule has 0 aliphatic carbocycles. The lowest BCUT2D eigenvalue weighted by molar-refractivity contribution is -0.676. The first-order valence-electron chi connectivity index (χ1n) is 10.5. The van der Waals surface area contributed by atoms with Gasteiger partial charge in [0, 0.05) is 38.5 Å². The fraction of sp³-hybridized carbons (Fsp3) is 0.111. The Labute approximate surface area is 208 Å². The van der Waals surface area contributed by atoms with Crippen LogP contribution in [-0.2, 0) is 11.3 Å². The number of halogens is 2. The second-order valence-corrected chi connectivity index (χ2v) is 8.25. The van der Waals surface area contributed by atoms with Crippen LogP contribution in [0, 0.1) is 0 Å². The van der Waals surface area contributed by atoms with Crippen LogP contribution >= 0.6 is 11.6 Å². The molecule has 0 saturated heterocycles. The second-order valence-electron chi connectivity index (χ2n) is 7.81. The number of aromatic amines is 1. The summed E-state index contributed by atoms with van der Waals surface area (Å²) in [7, 11) is 3.06. The van der Waals surface area contributed by atoms with Crippen LogP contribution in [0.15, 0.2) is 79.0 Å². The van der Waals surface area contributed by atoms with Gasteiger partial charge < -0.3 is 26.9 Å². The largest absolute Gasteiger partial charge is 1.00 e. The molecule has 2 heterocycles. The van der Waals surface area contributed by atoms with Crippen molar-refractivity contribution < 1.29 is 31.2 Å². The number of carbonyl (C=O) groups is 1. The first kappa shape index (κ1) is 23.6. The zero-order chi connectivity index (χ0) is 22.9. The molecule has 5 aromatic rings. The molecule has 0 amide bonds. The van der Waals surface area contributed by atoms with Gasteiger partial charge in [-0.2, -0.15) is 4.57 Å². The predicted octanol–water partition coefficient (Wildman–Crippen LogP) is 2.78. The molecule has 0 bridgehead atoms. The smallest absolute Gasteiger partial charge is 0.337 e. The topological polar surface area (TPSA) is 55.2 Å². The summed E-state index contributed by atoms with van der Waals surface area (Å²) in [6, 6.07) is 23.5. The van der Waals surface area contributed by atoms with E-state index in [1.54, 1.807) is 19.2 Å². The fourth-order valence-corrected chi connectivity index (χ4v) is 4.30. The number of hydrogen-bond donors (Lipinski definition) is 1. The summed E-state index contributed by atoms with van der Waals surface area (Å²) in [5.74, 6) is 0.455. The van der Waals surface area contributed by atoms with Gasteiger partial charge in [0.2, 0.25) is 5.69 Å². The van der Waals surface area contributed by atoms with E-state index in [1.165, 1.54) is 7.11 Å². The summed E-state index contributed by atoms with van der Waals surface area (Å²) in [5.41, 5.74) is 5.70. The van der Waals surface area contributed by atoms with E-state index < -0.39 is 0 Å². The van der Waals surface area contributed by atoms with E-state index in [1.807, 2.05) is 54.6 Å². The summed E-state index contributed by atoms with van der Waals surface area (Å²) >= 11 is 6.08. The van der Waals surface area contributed by atoms with E-state index in [2.05, 4.69) is 21.8 Å². The minimum Gasteiger partial charge on any atom is -1.00 e. The normalized spacial score (nSPS) is 10.8. The van der Waals surface area contributed by atoms with Gasteiger partial charge >= 0.3 is 5.97 Å². The lowest BCUT2D eigenvalue weighted by atomic mass is 10.0. The number of rotatable bonds is 5. The summed E-state index contributed by atoms with van der Waals surface area (Å²) < 4.78 is 12.5. The maximum absolute atomic E-state index is 11.9. The van der Waals surface area contributed by atoms with E-state index >= 15 is 0 Å². The van der Waals surface area contributed by atoms with Crippen molar-refractivity contribution in [3.05, 3.63) is 95.1 Å². The standard InChI is InChI=1S/C27H21ClN2O3.ClH/c1-32-21-11-12-24-23(15-21)22-13-14-30(16-17-3-9-20(28)10-4-17)26(25(22)29-24)18-5-7-19(8-6-18)27(31)33-2;/h3-15H,16H2,1-2H3;1H. The number of carbonyl (C=O) groups excluding carboxylic acids is 1. The monoisotopic (exact) mass is 492 g/mol. The van der Waals surface area contributed by atoms with Crippen molar-refractivity contribution in [1.82, 2.24) is 4.98 Å². The average Bonchev–Trinajstić information content (AvgIpc) is 3.22. The van der Waals surface area contributed by atoms with E-state index in [-0.39, 0.29) is 18.4 Å². The van der Waals surface area contributed by atoms with Crippen molar-refractivity contribution in [2.75, 3.05) is 14.2 Å². The molecule has 7 heteroatoms. The number of hydrogen-bond acceptors (Lipinski definition) is 3. The van der Waals surface area contributed by atoms with Crippen molar-refractivity contribution in [2.45, 2.75) is 6.54 Å². The Morgan fingerprint density at radius 2 is 1.68 bits per heavy atom. The average molecular weight is 493 g/mol. The first-order valence-corrected chi connectivity index (χ1v) is 10.9. The third-order valence-electron chi connectivity index (χ3n) is 5.84. The minimum absolute atomic E-state index is 0. The van der Waals surface area contributed by atoms with E-state index in [9.17, 15) is 4.79 Å². The maximum Gasteiger partial charge on any atom is 0.337 e. The molecule has 0 aliphatic heterocycles. The SMILES string of the molecule is COC(=O)c1ccc(-c2c3[nH]c4ccc(OC)cc4c3cc[n+]2Cc2ccc(Cl)cc2)cc1.[Cl-]. The van der Waals surface area contributed by atoms with Crippen molar-refractivity contribution in [2.24, 2.45) is 0 Å². The van der Waals surface area contributed by atoms with Crippen LogP contribution in [0.25, 0.3) is 33.1 Å². The molecule has 3 aromatic carbocycles. The predicted molar refractivity (Wildman–Crippen MR) is 130 cm³/mol. The van der Waals surface area contributed by atoms with Crippen molar-refractivity contribution >= 4 is 39.4 Å². The van der Waals surface area contributed by atoms with Crippen LogP contribution in [0.3, 0.4) is 0 Å². The Kier molecular flexibility index (Phi) is 6.77. The van der Waals surface area contributed by atoms with Crippen LogP contribution in [0.4, 0.5) is 0 Å². The lowest BCUT2D eigenvalue weighted by Gasteiger charge is -2.07. The molecule has 172 valence electrons. The number of esters is 1. The number of pyridine rings is 1. The molecular weight excluding hydrogens is 471 g/mol. The van der Waals surface area contributed by atoms with Gasteiger partial charge in [0.1, 0.15) is 11.3 Å². The Bertz CT molecular complexity index is 1480. The number of nitrogens with zero attached hydrogens (tertiary/aromatic N) is 1. The van der Waals surface area contributed by atoms with Crippen LogP contribution in [0.2, 0.25) is 5.02 Å². The molecule has 0 radical (unpaired) electrons. The van der Waals surface area contributed by atoms with Gasteiger partial charge in [-0.1, -0.05) is 23.7 Å². The first-order chi connectivity index (χ1) is 16.1. The Morgan fingerprint density at radius 3 is 2.35 bits per heavy atom. The molecule has 0 atom stereocenters. The number of nitrogens with one attached hydrogen (secondary N) is 1. The highest BCUT2D eigenvalue weighted by Crippen LogP contribution is 2.33. The van der Waals surface area contributed by atoms with Gasteiger partial charge in [-0.25, -0.2) is 4.79 Å². The number of H-pyrrole nitrogens is 1. The summed E-state index contributed by atoms with van der Waals surface area (Å²) in [6.07, 6.45) is 2.09. The summed E-state index contributed by atoms with van der Waals surface area (Å²) in [4.78, 5) is 15.5. The quantitative estimate of drug-likeness (QED) is 0.303. The van der Waals surface area contributed by atoms with Gasteiger partial charge in [-0.15, -0.1) is 0 Å². The van der Waals surface area contributed by atoms with E-state index in [4.69, 9.17) is 21.1 Å².